The van der Waals surface area contributed by atoms with Gasteiger partial charge in [-0.1, -0.05) is 32.0 Å². The lowest BCUT2D eigenvalue weighted by Crippen LogP contribution is -2.29. The lowest BCUT2D eigenvalue weighted by atomic mass is 10.0. The predicted molar refractivity (Wildman–Crippen MR) is 124 cm³/mol. The molecule has 2 amide bonds. The maximum atomic E-state index is 12.9. The second kappa shape index (κ2) is 12.0. The van der Waals surface area contributed by atoms with Crippen molar-refractivity contribution in [3.05, 3.63) is 47.7 Å². The lowest BCUT2D eigenvalue weighted by molar-refractivity contribution is -0.105. The Balaban J connectivity index is 2.25. The van der Waals surface area contributed by atoms with Crippen LogP contribution in [0.3, 0.4) is 0 Å². The van der Waals surface area contributed by atoms with Crippen LogP contribution < -0.4 is 10.1 Å². The van der Waals surface area contributed by atoms with Gasteiger partial charge in [0.1, 0.15) is 17.3 Å². The van der Waals surface area contributed by atoms with Crippen LogP contribution in [0.25, 0.3) is 0 Å². The van der Waals surface area contributed by atoms with Gasteiger partial charge >= 0.3 is 0 Å². The molecular weight excluding hydrogens is 504 g/mol. The molecule has 0 radical (unpaired) electrons. The van der Waals surface area contributed by atoms with Gasteiger partial charge in [0.15, 0.2) is 0 Å². The van der Waals surface area contributed by atoms with Gasteiger partial charge in [0, 0.05) is 13.6 Å². The first-order valence-corrected chi connectivity index (χ1v) is 13.2. The van der Waals surface area contributed by atoms with Crippen molar-refractivity contribution in [3.63, 3.8) is 0 Å². The van der Waals surface area contributed by atoms with E-state index in [1.165, 1.54) is 6.20 Å². The van der Waals surface area contributed by atoms with E-state index in [0.717, 1.165) is 12.0 Å². The van der Waals surface area contributed by atoms with Gasteiger partial charge in [0.05, 0.1) is 24.8 Å². The molecule has 0 saturated heterocycles. The summed E-state index contributed by atoms with van der Waals surface area (Å²) in [7, 11) is 1.71. The third-order valence-electron chi connectivity index (χ3n) is 4.20. The van der Waals surface area contributed by atoms with E-state index in [2.05, 4.69) is 46.2 Å². The van der Waals surface area contributed by atoms with Gasteiger partial charge in [0.2, 0.25) is 6.41 Å². The van der Waals surface area contributed by atoms with Crippen LogP contribution in [0.4, 0.5) is 5.82 Å². The molecule has 1 aromatic heterocycles. The number of hydrogen-bond acceptors (Lipinski definition) is 5. The summed E-state index contributed by atoms with van der Waals surface area (Å²) in [5, 5.41) is 2.49. The number of halogens is 1. The quantitative estimate of drug-likeness (QED) is 0.192. The molecule has 0 saturated carbocycles. The number of anilines is 1. The number of nitrogens with one attached hydrogen (secondary N) is 1. The summed E-state index contributed by atoms with van der Waals surface area (Å²) >= 11 is 2.16. The van der Waals surface area contributed by atoms with Crippen LogP contribution in [0.2, 0.25) is 0 Å². The zero-order valence-electron chi connectivity index (χ0n) is 16.6. The minimum atomic E-state index is -0.249. The van der Waals surface area contributed by atoms with Crippen molar-refractivity contribution in [1.29, 1.82) is 0 Å². The van der Waals surface area contributed by atoms with Crippen molar-refractivity contribution < 1.29 is 18.8 Å². The van der Waals surface area contributed by atoms with E-state index in [1.807, 2.05) is 24.3 Å². The Bertz CT molecular complexity index is 835. The average Bonchev–Trinajstić information content (AvgIpc) is 2.72. The number of para-hydroxylation sites is 1. The van der Waals surface area contributed by atoms with E-state index in [1.54, 1.807) is 18.0 Å². The SMILES string of the molecule is CC(C)c1ccccc1Oc1cnc(NC=O)c(C(=O)N(C)CCCOPI)c1. The highest BCUT2D eigenvalue weighted by Gasteiger charge is 2.19. The maximum absolute atomic E-state index is 12.9. The van der Waals surface area contributed by atoms with Gasteiger partial charge in [-0.25, -0.2) is 4.98 Å². The molecule has 0 aliphatic heterocycles. The van der Waals surface area contributed by atoms with Gasteiger partial charge in [-0.05, 0) is 52.1 Å². The predicted octanol–water partition coefficient (Wildman–Crippen LogP) is 4.99. The summed E-state index contributed by atoms with van der Waals surface area (Å²) in [5.74, 6) is 1.38. The topological polar surface area (TPSA) is 80.8 Å². The van der Waals surface area contributed by atoms with Crippen LogP contribution in [0.15, 0.2) is 36.5 Å². The van der Waals surface area contributed by atoms with Gasteiger partial charge in [-0.15, -0.1) is 0 Å². The molecule has 0 fully saturated rings. The first-order valence-electron chi connectivity index (χ1n) is 9.17. The normalized spacial score (nSPS) is 11.1. The highest BCUT2D eigenvalue weighted by molar-refractivity contribution is 14.2. The molecule has 0 aliphatic rings. The van der Waals surface area contributed by atoms with E-state index >= 15 is 0 Å². The number of benzene rings is 1. The summed E-state index contributed by atoms with van der Waals surface area (Å²) in [6.45, 7) is 5.69. The highest BCUT2D eigenvalue weighted by Crippen LogP contribution is 2.31. The molecule has 2 rings (SSSR count). The molecule has 1 unspecified atom stereocenters. The Morgan fingerprint density at radius 1 is 1.38 bits per heavy atom. The lowest BCUT2D eigenvalue weighted by Gasteiger charge is -2.19. The fourth-order valence-electron chi connectivity index (χ4n) is 2.73. The zero-order chi connectivity index (χ0) is 21.2. The number of nitrogens with zero attached hydrogens (tertiary/aromatic N) is 2. The second-order valence-corrected chi connectivity index (χ2v) is 8.39. The van der Waals surface area contributed by atoms with E-state index in [9.17, 15) is 9.59 Å². The fourth-order valence-corrected chi connectivity index (χ4v) is 3.61. The Morgan fingerprint density at radius 3 is 2.83 bits per heavy atom. The summed E-state index contributed by atoms with van der Waals surface area (Å²) < 4.78 is 11.4. The Hall–Kier alpha value is -1.77. The number of rotatable bonds is 11. The number of aromatic nitrogens is 1. The molecule has 156 valence electrons. The van der Waals surface area contributed by atoms with Gasteiger partial charge in [-0.2, -0.15) is 0 Å². The summed E-state index contributed by atoms with van der Waals surface area (Å²) in [5.41, 5.74) is 1.33. The summed E-state index contributed by atoms with van der Waals surface area (Å²) in [6.07, 6.45) is 2.72. The standard InChI is InChI=1S/C20H25IN3O4P/c1-14(2)16-7-4-5-8-18(16)28-15-11-17(19(22-12-15)23-13-25)20(26)24(3)9-6-10-27-29-21/h4-5,7-8,11-14,29H,6,9-10H2,1-3H3,(H,22,23,25). The minimum Gasteiger partial charge on any atom is -0.455 e. The monoisotopic (exact) mass is 529 g/mol. The Morgan fingerprint density at radius 2 is 2.14 bits per heavy atom. The molecule has 0 bridgehead atoms. The second-order valence-electron chi connectivity index (χ2n) is 6.63. The first-order chi connectivity index (χ1) is 14.0. The van der Waals surface area contributed by atoms with Crippen LogP contribution in [-0.2, 0) is 9.32 Å². The maximum Gasteiger partial charge on any atom is 0.257 e. The van der Waals surface area contributed by atoms with E-state index in [4.69, 9.17) is 9.26 Å². The van der Waals surface area contributed by atoms with Crippen molar-refractivity contribution in [2.24, 2.45) is 0 Å². The number of hydrogen-bond donors (Lipinski definition) is 1. The molecule has 1 atom stereocenters. The number of amides is 2. The molecule has 2 aromatic rings. The smallest absolute Gasteiger partial charge is 0.257 e. The summed E-state index contributed by atoms with van der Waals surface area (Å²) in [6, 6.07) is 9.36. The molecule has 1 N–H and O–H groups in total. The number of carbonyl (C=O) groups excluding carboxylic acids is 2. The van der Waals surface area contributed by atoms with Crippen molar-refractivity contribution in [2.75, 3.05) is 25.5 Å². The van der Waals surface area contributed by atoms with E-state index in [-0.39, 0.29) is 23.2 Å². The van der Waals surface area contributed by atoms with Gasteiger partial charge < -0.3 is 19.5 Å². The Kier molecular flexibility index (Phi) is 9.76. The molecule has 29 heavy (non-hydrogen) atoms. The van der Waals surface area contributed by atoms with Crippen LogP contribution in [-0.4, -0.2) is 42.4 Å². The van der Waals surface area contributed by atoms with Crippen LogP contribution in [0.5, 0.6) is 11.5 Å². The van der Waals surface area contributed by atoms with Crippen LogP contribution in [0.1, 0.15) is 42.1 Å². The average molecular weight is 529 g/mol. The third kappa shape index (κ3) is 6.90. The molecule has 1 aromatic carbocycles. The zero-order valence-corrected chi connectivity index (χ0v) is 19.8. The third-order valence-corrected chi connectivity index (χ3v) is 5.45. The minimum absolute atomic E-state index is 0.200. The molecule has 9 heteroatoms. The van der Waals surface area contributed by atoms with E-state index in [0.29, 0.717) is 37.5 Å². The first kappa shape index (κ1) is 23.5. The van der Waals surface area contributed by atoms with Crippen molar-refractivity contribution in [3.8, 4) is 11.5 Å². The van der Waals surface area contributed by atoms with Crippen LogP contribution >= 0.6 is 28.5 Å². The molecule has 1 heterocycles. The van der Waals surface area contributed by atoms with Crippen LogP contribution in [0, 0.1) is 0 Å². The number of pyridine rings is 1. The van der Waals surface area contributed by atoms with Gasteiger partial charge in [0.25, 0.3) is 5.91 Å². The largest absolute Gasteiger partial charge is 0.455 e. The fraction of sp³-hybridized carbons (Fsp3) is 0.350. The highest BCUT2D eigenvalue weighted by atomic mass is 127. The van der Waals surface area contributed by atoms with E-state index < -0.39 is 0 Å². The molecular formula is C20H25IN3O4P. The summed E-state index contributed by atoms with van der Waals surface area (Å²) in [4.78, 5) is 29.6. The molecule has 0 spiro atoms. The number of carbonyl (C=O) groups is 2. The van der Waals surface area contributed by atoms with Gasteiger partial charge in [-0.3, -0.25) is 9.59 Å². The molecule has 7 nitrogen and oxygen atoms in total. The Labute approximate surface area is 185 Å². The number of ether oxygens (including phenoxy) is 1. The molecule has 0 aliphatic carbocycles. The van der Waals surface area contributed by atoms with Crippen molar-refractivity contribution in [2.45, 2.75) is 26.2 Å². The van der Waals surface area contributed by atoms with Crippen molar-refractivity contribution in [1.82, 2.24) is 9.88 Å². The van der Waals surface area contributed by atoms with Crippen molar-refractivity contribution >= 4 is 46.6 Å².